The fraction of sp³-hybridized carbons (Fsp3) is 0.650. The lowest BCUT2D eigenvalue weighted by Gasteiger charge is -2.48. The van der Waals surface area contributed by atoms with E-state index >= 15 is 0 Å². The van der Waals surface area contributed by atoms with Crippen molar-refractivity contribution in [1.82, 2.24) is 9.80 Å². The summed E-state index contributed by atoms with van der Waals surface area (Å²) in [5.41, 5.74) is -1.20. The number of carbonyl (C=O) groups excluding carboxylic acids is 1. The van der Waals surface area contributed by atoms with E-state index in [9.17, 15) is 22.4 Å². The molecule has 4 rings (SSSR count). The molecule has 1 spiro atoms. The van der Waals surface area contributed by atoms with Gasteiger partial charge in [0.2, 0.25) is 5.91 Å². The largest absolute Gasteiger partial charge is 0.419 e. The van der Waals surface area contributed by atoms with Crippen molar-refractivity contribution in [1.29, 1.82) is 0 Å². The van der Waals surface area contributed by atoms with Crippen LogP contribution in [0.1, 0.15) is 49.7 Å². The maximum Gasteiger partial charge on any atom is 0.419 e. The van der Waals surface area contributed by atoms with Gasteiger partial charge in [-0.3, -0.25) is 9.69 Å². The molecule has 1 aliphatic carbocycles. The molecule has 3 aliphatic rings. The summed E-state index contributed by atoms with van der Waals surface area (Å²) >= 11 is 0. The molecule has 1 aromatic rings. The summed E-state index contributed by atoms with van der Waals surface area (Å²) in [5, 5.41) is 0. The molecule has 2 saturated heterocycles. The SMILES string of the molecule is O=C1CC[C@@]2(CCCN(Cc3cccc(F)c3C(F)(F)F)C2)CN1C1CC1. The minimum Gasteiger partial charge on any atom is -0.339 e. The molecule has 1 amide bonds. The Labute approximate surface area is 156 Å². The van der Waals surface area contributed by atoms with E-state index < -0.39 is 17.6 Å². The number of likely N-dealkylation sites (tertiary alicyclic amines) is 2. The molecule has 7 heteroatoms. The van der Waals surface area contributed by atoms with Gasteiger partial charge in [-0.25, -0.2) is 4.39 Å². The maximum atomic E-state index is 13.9. The van der Waals surface area contributed by atoms with Crippen molar-refractivity contribution in [2.45, 2.75) is 57.3 Å². The van der Waals surface area contributed by atoms with E-state index in [4.69, 9.17) is 0 Å². The minimum absolute atomic E-state index is 0.00881. The second-order valence-electron chi connectivity index (χ2n) is 8.34. The molecule has 27 heavy (non-hydrogen) atoms. The van der Waals surface area contributed by atoms with Crippen LogP contribution >= 0.6 is 0 Å². The molecule has 148 valence electrons. The molecule has 0 unspecified atom stereocenters. The van der Waals surface area contributed by atoms with Crippen molar-refractivity contribution in [2.24, 2.45) is 5.41 Å². The van der Waals surface area contributed by atoms with E-state index in [1.165, 1.54) is 12.1 Å². The van der Waals surface area contributed by atoms with E-state index in [0.717, 1.165) is 38.2 Å². The van der Waals surface area contributed by atoms with Crippen molar-refractivity contribution in [2.75, 3.05) is 19.6 Å². The van der Waals surface area contributed by atoms with Crippen LogP contribution < -0.4 is 0 Å². The van der Waals surface area contributed by atoms with Gasteiger partial charge in [0.05, 0.1) is 5.56 Å². The molecule has 3 nitrogen and oxygen atoms in total. The van der Waals surface area contributed by atoms with E-state index in [1.54, 1.807) is 0 Å². The first-order valence-corrected chi connectivity index (χ1v) is 9.64. The summed E-state index contributed by atoms with van der Waals surface area (Å²) < 4.78 is 53.8. The first kappa shape index (κ1) is 18.7. The number of hydrogen-bond acceptors (Lipinski definition) is 2. The zero-order chi connectivity index (χ0) is 19.2. The molecule has 2 aliphatic heterocycles. The van der Waals surface area contributed by atoms with Gasteiger partial charge in [-0.15, -0.1) is 0 Å². The molecular formula is C20H24F4N2O. The normalized spacial score (nSPS) is 27.4. The highest BCUT2D eigenvalue weighted by atomic mass is 19.4. The zero-order valence-corrected chi connectivity index (χ0v) is 15.2. The van der Waals surface area contributed by atoms with Crippen LogP contribution in [0.15, 0.2) is 18.2 Å². The van der Waals surface area contributed by atoms with Crippen LogP contribution in [0.4, 0.5) is 17.6 Å². The first-order valence-electron chi connectivity index (χ1n) is 9.64. The zero-order valence-electron chi connectivity index (χ0n) is 15.2. The van der Waals surface area contributed by atoms with Crippen LogP contribution in [-0.4, -0.2) is 41.4 Å². The van der Waals surface area contributed by atoms with Crippen LogP contribution in [0.25, 0.3) is 0 Å². The molecule has 0 bridgehead atoms. The number of carbonyl (C=O) groups is 1. The summed E-state index contributed by atoms with van der Waals surface area (Å²) in [6, 6.07) is 3.94. The number of amides is 1. The maximum absolute atomic E-state index is 13.9. The lowest BCUT2D eigenvalue weighted by molar-refractivity contribution is -0.142. The van der Waals surface area contributed by atoms with Gasteiger partial charge in [-0.05, 0) is 50.3 Å². The molecule has 0 aromatic heterocycles. The second kappa shape index (κ2) is 6.76. The Hall–Kier alpha value is -1.63. The van der Waals surface area contributed by atoms with Gasteiger partial charge in [0, 0.05) is 37.5 Å². The molecule has 0 N–H and O–H groups in total. The average molecular weight is 384 g/mol. The number of halogens is 4. The van der Waals surface area contributed by atoms with Gasteiger partial charge in [0.25, 0.3) is 0 Å². The topological polar surface area (TPSA) is 23.6 Å². The monoisotopic (exact) mass is 384 g/mol. The molecule has 3 fully saturated rings. The number of piperidine rings is 2. The van der Waals surface area contributed by atoms with Crippen LogP contribution in [0.5, 0.6) is 0 Å². The lowest BCUT2D eigenvalue weighted by Crippen LogP contribution is -2.54. The quantitative estimate of drug-likeness (QED) is 0.729. The molecule has 1 aromatic carbocycles. The van der Waals surface area contributed by atoms with E-state index in [0.29, 0.717) is 32.1 Å². The van der Waals surface area contributed by atoms with Gasteiger partial charge < -0.3 is 4.90 Å². The van der Waals surface area contributed by atoms with Crippen LogP contribution in [0.3, 0.4) is 0 Å². The highest BCUT2D eigenvalue weighted by Crippen LogP contribution is 2.43. The van der Waals surface area contributed by atoms with E-state index in [-0.39, 0.29) is 23.4 Å². The summed E-state index contributed by atoms with van der Waals surface area (Å²) in [5.74, 6) is -1.00. The fourth-order valence-corrected chi connectivity index (χ4v) is 4.80. The van der Waals surface area contributed by atoms with Gasteiger partial charge >= 0.3 is 6.18 Å². The Morgan fingerprint density at radius 1 is 1.15 bits per heavy atom. The van der Waals surface area contributed by atoms with Crippen molar-refractivity contribution < 1.29 is 22.4 Å². The Morgan fingerprint density at radius 3 is 2.63 bits per heavy atom. The fourth-order valence-electron chi connectivity index (χ4n) is 4.80. The third-order valence-corrected chi connectivity index (χ3v) is 6.20. The highest BCUT2D eigenvalue weighted by molar-refractivity contribution is 5.78. The lowest BCUT2D eigenvalue weighted by atomic mass is 9.73. The standard InChI is InChI=1S/C20H24F4N2O/c21-16-4-1-3-14(18(16)20(22,23)24)11-25-10-2-8-19(12-25)9-7-17(27)26(13-19)15-5-6-15/h1,3-4,15H,2,5-13H2/t19-/m1/s1. The Balaban J connectivity index is 1.51. The minimum atomic E-state index is -4.70. The average Bonchev–Trinajstić information content (AvgIpc) is 3.41. The van der Waals surface area contributed by atoms with E-state index in [1.807, 2.05) is 9.80 Å². The first-order chi connectivity index (χ1) is 12.8. The highest BCUT2D eigenvalue weighted by Gasteiger charge is 2.46. The predicted molar refractivity (Wildman–Crippen MR) is 92.3 cm³/mol. The molecule has 0 radical (unpaired) electrons. The molecular weight excluding hydrogens is 360 g/mol. The predicted octanol–water partition coefficient (Wildman–Crippen LogP) is 4.21. The summed E-state index contributed by atoms with van der Waals surface area (Å²) in [6.45, 7) is 2.16. The number of hydrogen-bond donors (Lipinski definition) is 0. The third kappa shape index (κ3) is 3.84. The van der Waals surface area contributed by atoms with Gasteiger partial charge in [-0.2, -0.15) is 13.2 Å². The second-order valence-corrected chi connectivity index (χ2v) is 8.34. The summed E-state index contributed by atoms with van der Waals surface area (Å²) in [7, 11) is 0. The Kier molecular flexibility index (Phi) is 4.69. The Bertz CT molecular complexity index is 731. The van der Waals surface area contributed by atoms with E-state index in [2.05, 4.69) is 0 Å². The smallest absolute Gasteiger partial charge is 0.339 e. The summed E-state index contributed by atoms with van der Waals surface area (Å²) in [4.78, 5) is 16.2. The van der Waals surface area contributed by atoms with Gasteiger partial charge in [0.15, 0.2) is 0 Å². The molecule has 2 heterocycles. The van der Waals surface area contributed by atoms with Crippen molar-refractivity contribution >= 4 is 5.91 Å². The van der Waals surface area contributed by atoms with Crippen molar-refractivity contribution in [3.63, 3.8) is 0 Å². The van der Waals surface area contributed by atoms with Gasteiger partial charge in [-0.1, -0.05) is 12.1 Å². The number of alkyl halides is 3. The van der Waals surface area contributed by atoms with Gasteiger partial charge in [0.1, 0.15) is 5.82 Å². The Morgan fingerprint density at radius 2 is 1.93 bits per heavy atom. The van der Waals surface area contributed by atoms with Crippen molar-refractivity contribution in [3.8, 4) is 0 Å². The van der Waals surface area contributed by atoms with Crippen LogP contribution in [0, 0.1) is 11.2 Å². The van der Waals surface area contributed by atoms with Crippen LogP contribution in [-0.2, 0) is 17.5 Å². The molecule has 1 saturated carbocycles. The number of nitrogens with zero attached hydrogens (tertiary/aromatic N) is 2. The molecule has 1 atom stereocenters. The number of rotatable bonds is 3. The summed E-state index contributed by atoms with van der Waals surface area (Å²) in [6.07, 6.45) is 0.624. The third-order valence-electron chi connectivity index (χ3n) is 6.20. The van der Waals surface area contributed by atoms with Crippen molar-refractivity contribution in [3.05, 3.63) is 35.1 Å². The number of benzene rings is 1. The van der Waals surface area contributed by atoms with Crippen LogP contribution in [0.2, 0.25) is 0 Å².